The van der Waals surface area contributed by atoms with Gasteiger partial charge >= 0.3 is 6.03 Å². The second kappa shape index (κ2) is 7.83. The molecule has 7 heteroatoms. The molecule has 0 saturated carbocycles. The number of carbonyl (C=O) groups is 1. The number of sulfone groups is 1. The number of urea groups is 1. The average molecular weight is 346 g/mol. The molecule has 0 spiro atoms. The molecular weight excluding hydrogens is 316 g/mol. The van der Waals surface area contributed by atoms with Crippen LogP contribution in [-0.2, 0) is 14.6 Å². The van der Waals surface area contributed by atoms with Crippen molar-refractivity contribution in [3.05, 3.63) is 0 Å². The SMILES string of the molecule is CCC(CC)[C@@H]1C[C@@H](NC(=O)N2CCS(=O)(=O)C[C@H]2C)CCO1. The highest BCUT2D eigenvalue weighted by Gasteiger charge is 2.34. The van der Waals surface area contributed by atoms with Crippen LogP contribution in [0.15, 0.2) is 0 Å². The van der Waals surface area contributed by atoms with Crippen molar-refractivity contribution < 1.29 is 17.9 Å². The lowest BCUT2D eigenvalue weighted by Gasteiger charge is -2.37. The normalized spacial score (nSPS) is 31.1. The van der Waals surface area contributed by atoms with E-state index in [2.05, 4.69) is 19.2 Å². The van der Waals surface area contributed by atoms with Gasteiger partial charge in [-0.05, 0) is 25.7 Å². The number of hydrogen-bond acceptors (Lipinski definition) is 4. The quantitative estimate of drug-likeness (QED) is 0.842. The zero-order chi connectivity index (χ0) is 17.0. The first-order chi connectivity index (χ1) is 10.9. The van der Waals surface area contributed by atoms with Gasteiger partial charge in [-0.25, -0.2) is 13.2 Å². The largest absolute Gasteiger partial charge is 0.378 e. The highest BCUT2D eigenvalue weighted by atomic mass is 32.2. The molecule has 1 N–H and O–H groups in total. The first-order valence-corrected chi connectivity index (χ1v) is 10.6. The molecule has 2 rings (SSSR count). The Morgan fingerprint density at radius 1 is 1.35 bits per heavy atom. The number of nitrogens with one attached hydrogen (secondary N) is 1. The Balaban J connectivity index is 1.90. The van der Waals surface area contributed by atoms with Crippen LogP contribution in [0.1, 0.15) is 46.5 Å². The van der Waals surface area contributed by atoms with Crippen LogP contribution < -0.4 is 5.32 Å². The van der Waals surface area contributed by atoms with Gasteiger partial charge in [0.2, 0.25) is 0 Å². The maximum absolute atomic E-state index is 12.5. The summed E-state index contributed by atoms with van der Waals surface area (Å²) >= 11 is 0. The summed E-state index contributed by atoms with van der Waals surface area (Å²) in [5.74, 6) is 0.660. The molecule has 23 heavy (non-hydrogen) atoms. The molecule has 2 fully saturated rings. The van der Waals surface area contributed by atoms with E-state index in [0.29, 0.717) is 12.5 Å². The summed E-state index contributed by atoms with van der Waals surface area (Å²) in [6.45, 7) is 7.11. The lowest BCUT2D eigenvalue weighted by molar-refractivity contribution is -0.0337. The number of carbonyl (C=O) groups excluding carboxylic acids is 1. The Hall–Kier alpha value is -0.820. The molecule has 2 amide bonds. The number of rotatable bonds is 4. The number of amides is 2. The van der Waals surface area contributed by atoms with Crippen molar-refractivity contribution in [2.24, 2.45) is 5.92 Å². The third-order valence-corrected chi connectivity index (χ3v) is 6.94. The summed E-state index contributed by atoms with van der Waals surface area (Å²) < 4.78 is 29.1. The van der Waals surface area contributed by atoms with Crippen molar-refractivity contribution in [2.45, 2.75) is 64.6 Å². The van der Waals surface area contributed by atoms with E-state index in [1.807, 2.05) is 0 Å². The van der Waals surface area contributed by atoms with E-state index >= 15 is 0 Å². The van der Waals surface area contributed by atoms with Crippen LogP contribution in [-0.4, -0.2) is 62.2 Å². The van der Waals surface area contributed by atoms with E-state index < -0.39 is 9.84 Å². The van der Waals surface area contributed by atoms with Crippen molar-refractivity contribution >= 4 is 15.9 Å². The molecule has 0 aliphatic carbocycles. The van der Waals surface area contributed by atoms with Gasteiger partial charge < -0.3 is 15.0 Å². The molecule has 2 saturated heterocycles. The fraction of sp³-hybridized carbons (Fsp3) is 0.938. The van der Waals surface area contributed by atoms with Crippen molar-refractivity contribution in [3.8, 4) is 0 Å². The predicted octanol–water partition coefficient (Wildman–Crippen LogP) is 1.80. The molecule has 2 heterocycles. The third kappa shape index (κ3) is 4.83. The van der Waals surface area contributed by atoms with Crippen LogP contribution in [0.3, 0.4) is 0 Å². The number of nitrogens with zero attached hydrogens (tertiary/aromatic N) is 1. The molecule has 3 atom stereocenters. The van der Waals surface area contributed by atoms with E-state index in [1.165, 1.54) is 0 Å². The fourth-order valence-corrected chi connectivity index (χ4v) is 5.22. The van der Waals surface area contributed by atoms with E-state index in [1.54, 1.807) is 11.8 Å². The van der Waals surface area contributed by atoms with Gasteiger partial charge in [0.1, 0.15) is 0 Å². The van der Waals surface area contributed by atoms with Gasteiger partial charge in [-0.15, -0.1) is 0 Å². The first kappa shape index (κ1) is 18.5. The molecule has 0 aromatic carbocycles. The molecule has 134 valence electrons. The Labute approximate surface area is 139 Å². The molecule has 0 aromatic rings. The van der Waals surface area contributed by atoms with Crippen molar-refractivity contribution in [1.82, 2.24) is 10.2 Å². The van der Waals surface area contributed by atoms with Crippen LogP contribution in [0.4, 0.5) is 4.79 Å². The smallest absolute Gasteiger partial charge is 0.317 e. The molecule has 6 nitrogen and oxygen atoms in total. The molecule has 2 aliphatic rings. The Morgan fingerprint density at radius 3 is 2.65 bits per heavy atom. The Bertz CT molecular complexity index is 504. The van der Waals surface area contributed by atoms with Gasteiger partial charge in [0.15, 0.2) is 9.84 Å². The predicted molar refractivity (Wildman–Crippen MR) is 90.2 cm³/mol. The van der Waals surface area contributed by atoms with Crippen LogP contribution in [0, 0.1) is 5.92 Å². The average Bonchev–Trinajstić information content (AvgIpc) is 2.47. The maximum atomic E-state index is 12.5. The molecule has 2 aliphatic heterocycles. The fourth-order valence-electron chi connectivity index (χ4n) is 3.66. The highest BCUT2D eigenvalue weighted by Crippen LogP contribution is 2.25. The minimum absolute atomic E-state index is 0.0601. The van der Waals surface area contributed by atoms with Crippen molar-refractivity contribution in [2.75, 3.05) is 24.7 Å². The van der Waals surface area contributed by atoms with Crippen LogP contribution in [0.25, 0.3) is 0 Å². The third-order valence-electron chi connectivity index (χ3n) is 5.15. The number of ether oxygens (including phenoxy) is 1. The van der Waals surface area contributed by atoms with E-state index in [-0.39, 0.29) is 42.3 Å². The summed E-state index contributed by atoms with van der Waals surface area (Å²) in [5.41, 5.74) is 0. The zero-order valence-corrected chi connectivity index (χ0v) is 15.3. The Morgan fingerprint density at radius 2 is 2.04 bits per heavy atom. The second-order valence-corrected chi connectivity index (χ2v) is 9.04. The van der Waals surface area contributed by atoms with Gasteiger partial charge in [0, 0.05) is 25.2 Å². The van der Waals surface area contributed by atoms with Crippen molar-refractivity contribution in [3.63, 3.8) is 0 Å². The number of hydrogen-bond donors (Lipinski definition) is 1. The molecular formula is C16H30N2O4S. The minimum atomic E-state index is -3.00. The minimum Gasteiger partial charge on any atom is -0.378 e. The summed E-state index contributed by atoms with van der Waals surface area (Å²) in [4.78, 5) is 14.1. The summed E-state index contributed by atoms with van der Waals surface area (Å²) in [7, 11) is -3.00. The Kier molecular flexibility index (Phi) is 6.31. The summed E-state index contributed by atoms with van der Waals surface area (Å²) in [6, 6.07) is -0.279. The van der Waals surface area contributed by atoms with E-state index in [4.69, 9.17) is 4.74 Å². The molecule has 0 aromatic heterocycles. The second-order valence-electron chi connectivity index (χ2n) is 6.81. The standard InChI is InChI=1S/C16H30N2O4S/c1-4-13(5-2)15-10-14(6-8-22-15)17-16(19)18-7-9-23(20,21)11-12(18)3/h12-15H,4-11H2,1-3H3,(H,17,19)/t12-,14+,15+/m1/s1. The monoisotopic (exact) mass is 346 g/mol. The molecule has 0 bridgehead atoms. The van der Waals surface area contributed by atoms with Gasteiger partial charge in [0.05, 0.1) is 17.6 Å². The highest BCUT2D eigenvalue weighted by molar-refractivity contribution is 7.91. The van der Waals surface area contributed by atoms with E-state index in [9.17, 15) is 13.2 Å². The summed E-state index contributed by atoms with van der Waals surface area (Å²) in [5, 5.41) is 3.09. The van der Waals surface area contributed by atoms with Gasteiger partial charge in [-0.1, -0.05) is 26.7 Å². The summed E-state index contributed by atoms with van der Waals surface area (Å²) in [6.07, 6.45) is 4.05. The topological polar surface area (TPSA) is 75.7 Å². The van der Waals surface area contributed by atoms with Gasteiger partial charge in [-0.2, -0.15) is 0 Å². The zero-order valence-electron chi connectivity index (χ0n) is 14.5. The lowest BCUT2D eigenvalue weighted by Crippen LogP contribution is -2.56. The maximum Gasteiger partial charge on any atom is 0.317 e. The van der Waals surface area contributed by atoms with Crippen LogP contribution in [0.5, 0.6) is 0 Å². The van der Waals surface area contributed by atoms with Gasteiger partial charge in [0.25, 0.3) is 0 Å². The molecule has 0 unspecified atom stereocenters. The van der Waals surface area contributed by atoms with Crippen molar-refractivity contribution in [1.29, 1.82) is 0 Å². The lowest BCUT2D eigenvalue weighted by atomic mass is 9.89. The van der Waals surface area contributed by atoms with Crippen LogP contribution in [0.2, 0.25) is 0 Å². The molecule has 0 radical (unpaired) electrons. The van der Waals surface area contributed by atoms with E-state index in [0.717, 1.165) is 25.7 Å². The first-order valence-electron chi connectivity index (χ1n) is 8.75. The van der Waals surface area contributed by atoms with Crippen LogP contribution >= 0.6 is 0 Å². The van der Waals surface area contributed by atoms with Gasteiger partial charge in [-0.3, -0.25) is 0 Å².